The molecule has 1 fully saturated rings. The lowest BCUT2D eigenvalue weighted by Gasteiger charge is -2.33. The molecule has 1 amide bonds. The molecule has 0 bridgehead atoms. The van der Waals surface area contributed by atoms with E-state index >= 15 is 0 Å². The van der Waals surface area contributed by atoms with Crippen LogP contribution < -0.4 is 0 Å². The highest BCUT2D eigenvalue weighted by atomic mass is 35.5. The summed E-state index contributed by atoms with van der Waals surface area (Å²) in [6.07, 6.45) is -0.445. The van der Waals surface area contributed by atoms with E-state index in [1.54, 1.807) is 18.2 Å². The third-order valence-electron chi connectivity index (χ3n) is 3.13. The van der Waals surface area contributed by atoms with Crippen LogP contribution in [0.3, 0.4) is 0 Å². The topological polar surface area (TPSA) is 66.9 Å². The number of hydrogen-bond acceptors (Lipinski definition) is 4. The summed E-state index contributed by atoms with van der Waals surface area (Å²) in [5, 5.41) is 0.197. The summed E-state index contributed by atoms with van der Waals surface area (Å²) in [6, 6.07) is 6.32. The number of methoxy groups -OCH3 is 1. The number of hydrogen-bond donors (Lipinski definition) is 0. The summed E-state index contributed by atoms with van der Waals surface area (Å²) in [4.78, 5) is 12.9. The van der Waals surface area contributed by atoms with Gasteiger partial charge in [-0.1, -0.05) is 23.7 Å². The molecule has 0 N–H and O–H groups in total. The fourth-order valence-corrected chi connectivity index (χ4v) is 3.95. The van der Waals surface area contributed by atoms with Crippen molar-refractivity contribution in [2.24, 2.45) is 0 Å². The molecule has 1 saturated heterocycles. The highest BCUT2D eigenvalue weighted by Gasteiger charge is 2.31. The number of carbonyl (C=O) groups excluding carboxylic acids is 1. The molecule has 0 unspecified atom stereocenters. The summed E-state index contributed by atoms with van der Waals surface area (Å²) in [7, 11) is -2.33. The smallest absolute Gasteiger partial charge is 0.409 e. The molecule has 0 spiro atoms. The van der Waals surface area contributed by atoms with Crippen molar-refractivity contribution in [3.8, 4) is 0 Å². The number of ether oxygens (including phenoxy) is 1. The lowest BCUT2D eigenvalue weighted by Crippen LogP contribution is -2.50. The molecule has 6 nitrogen and oxygen atoms in total. The van der Waals surface area contributed by atoms with Gasteiger partial charge in [-0.3, -0.25) is 0 Å². The van der Waals surface area contributed by atoms with E-state index in [-0.39, 0.29) is 23.0 Å². The van der Waals surface area contributed by atoms with Crippen LogP contribution in [0.1, 0.15) is 0 Å². The molecule has 1 aliphatic rings. The Morgan fingerprint density at radius 1 is 1.20 bits per heavy atom. The molecule has 0 radical (unpaired) electrons. The van der Waals surface area contributed by atoms with Gasteiger partial charge in [-0.15, -0.1) is 0 Å². The van der Waals surface area contributed by atoms with E-state index in [1.807, 2.05) is 0 Å². The molecule has 0 aliphatic carbocycles. The molecular formula is C12H15ClN2O4S. The van der Waals surface area contributed by atoms with E-state index in [0.29, 0.717) is 13.1 Å². The Balaban J connectivity index is 2.14. The molecule has 0 aromatic heterocycles. The van der Waals surface area contributed by atoms with Gasteiger partial charge in [0, 0.05) is 26.2 Å². The van der Waals surface area contributed by atoms with Crippen molar-refractivity contribution >= 4 is 27.7 Å². The van der Waals surface area contributed by atoms with Gasteiger partial charge in [0.15, 0.2) is 0 Å². The second-order valence-electron chi connectivity index (χ2n) is 4.29. The van der Waals surface area contributed by atoms with Gasteiger partial charge in [0.2, 0.25) is 10.0 Å². The molecule has 0 saturated carbocycles. The molecule has 1 aromatic rings. The maximum atomic E-state index is 12.5. The predicted molar refractivity (Wildman–Crippen MR) is 74.2 cm³/mol. The zero-order chi connectivity index (χ0) is 14.8. The summed E-state index contributed by atoms with van der Waals surface area (Å²) < 4.78 is 30.9. The number of rotatable bonds is 2. The predicted octanol–water partition coefficient (Wildman–Crippen LogP) is 1.41. The molecule has 1 aromatic carbocycles. The standard InChI is InChI=1S/C12H15ClN2O4S/c1-19-12(16)14-6-8-15(9-7-14)20(17,18)11-5-3-2-4-10(11)13/h2-5H,6-9H2,1H3. The van der Waals surface area contributed by atoms with Crippen molar-refractivity contribution in [3.63, 3.8) is 0 Å². The van der Waals surface area contributed by atoms with E-state index in [0.717, 1.165) is 0 Å². The van der Waals surface area contributed by atoms with Crippen molar-refractivity contribution < 1.29 is 17.9 Å². The van der Waals surface area contributed by atoms with Crippen LogP contribution in [0.25, 0.3) is 0 Å². The number of benzene rings is 1. The monoisotopic (exact) mass is 318 g/mol. The largest absolute Gasteiger partial charge is 0.453 e. The Kier molecular flexibility index (Phi) is 4.52. The SMILES string of the molecule is COC(=O)N1CCN(S(=O)(=O)c2ccccc2Cl)CC1. The van der Waals surface area contributed by atoms with Gasteiger partial charge < -0.3 is 9.64 Å². The second kappa shape index (κ2) is 5.99. The highest BCUT2D eigenvalue weighted by molar-refractivity contribution is 7.89. The molecule has 20 heavy (non-hydrogen) atoms. The fraction of sp³-hybridized carbons (Fsp3) is 0.417. The van der Waals surface area contributed by atoms with Gasteiger partial charge in [-0.2, -0.15) is 4.31 Å². The zero-order valence-corrected chi connectivity index (χ0v) is 12.5. The Morgan fingerprint density at radius 2 is 1.80 bits per heavy atom. The van der Waals surface area contributed by atoms with Gasteiger partial charge >= 0.3 is 6.09 Å². The number of piperazine rings is 1. The first-order valence-electron chi connectivity index (χ1n) is 6.04. The molecule has 8 heteroatoms. The van der Waals surface area contributed by atoms with Crippen molar-refractivity contribution in [1.82, 2.24) is 9.21 Å². The molecule has 0 atom stereocenters. The first-order valence-corrected chi connectivity index (χ1v) is 7.86. The molecule has 2 rings (SSSR count). The quantitative estimate of drug-likeness (QED) is 0.827. The lowest BCUT2D eigenvalue weighted by atomic mass is 10.4. The second-order valence-corrected chi connectivity index (χ2v) is 6.61. The molecule has 1 heterocycles. The van der Waals surface area contributed by atoms with E-state index < -0.39 is 16.1 Å². The van der Waals surface area contributed by atoms with Gasteiger partial charge in [0.1, 0.15) is 4.90 Å². The van der Waals surface area contributed by atoms with Crippen LogP contribution >= 0.6 is 11.6 Å². The maximum absolute atomic E-state index is 12.5. The summed E-state index contributed by atoms with van der Waals surface area (Å²) in [5.41, 5.74) is 0. The van der Waals surface area contributed by atoms with E-state index in [1.165, 1.54) is 22.4 Å². The van der Waals surface area contributed by atoms with Gasteiger partial charge in [-0.25, -0.2) is 13.2 Å². The van der Waals surface area contributed by atoms with Gasteiger partial charge in [0.25, 0.3) is 0 Å². The van der Waals surface area contributed by atoms with Crippen LogP contribution in [0, 0.1) is 0 Å². The van der Waals surface area contributed by atoms with E-state index in [9.17, 15) is 13.2 Å². The number of carbonyl (C=O) groups is 1. The van der Waals surface area contributed by atoms with Crippen LogP contribution in [0.4, 0.5) is 4.79 Å². The molecule has 110 valence electrons. The summed E-state index contributed by atoms with van der Waals surface area (Å²) in [5.74, 6) is 0. The maximum Gasteiger partial charge on any atom is 0.409 e. The third kappa shape index (κ3) is 2.89. The minimum atomic E-state index is -3.63. The van der Waals surface area contributed by atoms with Crippen LogP contribution in [0.5, 0.6) is 0 Å². The van der Waals surface area contributed by atoms with Crippen LogP contribution in [-0.2, 0) is 14.8 Å². The Morgan fingerprint density at radius 3 is 2.35 bits per heavy atom. The van der Waals surface area contributed by atoms with Crippen molar-refractivity contribution in [1.29, 1.82) is 0 Å². The lowest BCUT2D eigenvalue weighted by molar-refractivity contribution is 0.108. The number of nitrogens with zero attached hydrogens (tertiary/aromatic N) is 2. The Bertz CT molecular complexity index is 597. The first kappa shape index (κ1) is 15.1. The zero-order valence-electron chi connectivity index (χ0n) is 11.0. The summed E-state index contributed by atoms with van der Waals surface area (Å²) in [6.45, 7) is 1.05. The minimum absolute atomic E-state index is 0.0909. The number of amides is 1. The van der Waals surface area contributed by atoms with Crippen molar-refractivity contribution in [2.75, 3.05) is 33.3 Å². The third-order valence-corrected chi connectivity index (χ3v) is 5.52. The average molecular weight is 319 g/mol. The van der Waals surface area contributed by atoms with Crippen molar-refractivity contribution in [2.45, 2.75) is 4.90 Å². The molecule has 1 aliphatic heterocycles. The van der Waals surface area contributed by atoms with E-state index in [4.69, 9.17) is 11.6 Å². The number of sulfonamides is 1. The fourth-order valence-electron chi connectivity index (χ4n) is 2.03. The Labute approximate surface area is 122 Å². The normalized spacial score (nSPS) is 17.0. The van der Waals surface area contributed by atoms with Gasteiger partial charge in [-0.05, 0) is 12.1 Å². The van der Waals surface area contributed by atoms with Gasteiger partial charge in [0.05, 0.1) is 12.1 Å². The van der Waals surface area contributed by atoms with Crippen LogP contribution in [0.2, 0.25) is 5.02 Å². The average Bonchev–Trinajstić information content (AvgIpc) is 2.47. The Hall–Kier alpha value is -1.31. The number of halogens is 1. The van der Waals surface area contributed by atoms with Crippen molar-refractivity contribution in [3.05, 3.63) is 29.3 Å². The first-order chi connectivity index (χ1) is 9.46. The van der Waals surface area contributed by atoms with Crippen LogP contribution in [0.15, 0.2) is 29.2 Å². The molecular weight excluding hydrogens is 304 g/mol. The van der Waals surface area contributed by atoms with E-state index in [2.05, 4.69) is 4.74 Å². The minimum Gasteiger partial charge on any atom is -0.453 e. The van der Waals surface area contributed by atoms with Crippen LogP contribution in [-0.4, -0.2) is 57.0 Å². The summed E-state index contributed by atoms with van der Waals surface area (Å²) >= 11 is 5.94. The highest BCUT2D eigenvalue weighted by Crippen LogP contribution is 2.24.